The lowest BCUT2D eigenvalue weighted by Gasteiger charge is -2.16. The highest BCUT2D eigenvalue weighted by atomic mass is 19.4. The molecular formula is C24H12F6N6O. The van der Waals surface area contributed by atoms with E-state index in [0.29, 0.717) is 32.8 Å². The van der Waals surface area contributed by atoms with E-state index < -0.39 is 46.5 Å². The van der Waals surface area contributed by atoms with Crippen LogP contribution in [0.3, 0.4) is 0 Å². The number of nitrogens with one attached hydrogen (secondary N) is 1. The molecule has 13 heteroatoms. The highest BCUT2D eigenvalue weighted by Gasteiger charge is 2.41. The molecule has 0 atom stereocenters. The molecule has 6 rings (SSSR count). The average Bonchev–Trinajstić information content (AvgIpc) is 3.58. The lowest BCUT2D eigenvalue weighted by Crippen LogP contribution is -2.16. The number of hydrogen-bond donors (Lipinski definition) is 1. The van der Waals surface area contributed by atoms with Gasteiger partial charge in [-0.25, -0.2) is 14.3 Å². The number of benzene rings is 2. The van der Waals surface area contributed by atoms with Crippen LogP contribution >= 0.6 is 0 Å². The smallest absolute Gasteiger partial charge is 0.321 e. The quantitative estimate of drug-likeness (QED) is 0.305. The summed E-state index contributed by atoms with van der Waals surface area (Å²) in [5.41, 5.74) is -2.82. The second kappa shape index (κ2) is 7.66. The van der Waals surface area contributed by atoms with Gasteiger partial charge < -0.3 is 5.32 Å². The summed E-state index contributed by atoms with van der Waals surface area (Å²) in [5.74, 6) is -0.968. The molecule has 1 amide bonds. The second-order valence-corrected chi connectivity index (χ2v) is 8.17. The van der Waals surface area contributed by atoms with Gasteiger partial charge in [0.25, 0.3) is 5.91 Å². The average molecular weight is 514 g/mol. The van der Waals surface area contributed by atoms with Gasteiger partial charge in [-0.3, -0.25) is 4.79 Å². The molecule has 1 aliphatic rings. The normalized spacial score (nSPS) is 13.4. The van der Waals surface area contributed by atoms with Gasteiger partial charge in [-0.05, 0) is 30.3 Å². The fraction of sp³-hybridized carbons (Fsp3) is 0.0833. The van der Waals surface area contributed by atoms with Crippen LogP contribution in [-0.2, 0) is 12.4 Å². The van der Waals surface area contributed by atoms with E-state index in [-0.39, 0.29) is 5.69 Å². The van der Waals surface area contributed by atoms with Crippen molar-refractivity contribution in [3.63, 3.8) is 0 Å². The van der Waals surface area contributed by atoms with Crippen LogP contribution in [0, 0.1) is 0 Å². The lowest BCUT2D eigenvalue weighted by atomic mass is 10.0. The van der Waals surface area contributed by atoms with E-state index in [1.54, 1.807) is 12.1 Å². The highest BCUT2D eigenvalue weighted by Crippen LogP contribution is 2.43. The number of pyridine rings is 1. The van der Waals surface area contributed by atoms with Gasteiger partial charge in [-0.15, -0.1) is 0 Å². The van der Waals surface area contributed by atoms with Crippen molar-refractivity contribution in [1.82, 2.24) is 24.5 Å². The van der Waals surface area contributed by atoms with E-state index in [9.17, 15) is 31.1 Å². The van der Waals surface area contributed by atoms with Gasteiger partial charge in [0.1, 0.15) is 5.56 Å². The molecule has 0 bridgehead atoms. The van der Waals surface area contributed by atoms with Crippen molar-refractivity contribution in [2.45, 2.75) is 12.4 Å². The van der Waals surface area contributed by atoms with Crippen molar-refractivity contribution >= 4 is 22.4 Å². The topological polar surface area (TPSA) is 77.6 Å². The van der Waals surface area contributed by atoms with Crippen molar-refractivity contribution < 1.29 is 31.1 Å². The van der Waals surface area contributed by atoms with E-state index in [1.165, 1.54) is 36.7 Å². The van der Waals surface area contributed by atoms with Gasteiger partial charge >= 0.3 is 12.4 Å². The zero-order chi connectivity index (χ0) is 26.1. The molecule has 5 aromatic rings. The first-order valence-corrected chi connectivity index (χ1v) is 10.6. The molecule has 0 aliphatic carbocycles. The lowest BCUT2D eigenvalue weighted by molar-refractivity contribution is -0.142. The number of alkyl halides is 6. The van der Waals surface area contributed by atoms with Crippen LogP contribution in [0.5, 0.6) is 0 Å². The van der Waals surface area contributed by atoms with Gasteiger partial charge in [-0.2, -0.15) is 36.5 Å². The summed E-state index contributed by atoms with van der Waals surface area (Å²) in [4.78, 5) is 16.0. The Labute approximate surface area is 203 Å². The fourth-order valence-corrected chi connectivity index (χ4v) is 4.46. The number of halogens is 6. The van der Waals surface area contributed by atoms with E-state index in [4.69, 9.17) is 0 Å². The molecule has 7 nitrogen and oxygen atoms in total. The molecule has 0 spiro atoms. The predicted octanol–water partition coefficient (Wildman–Crippen LogP) is 5.88. The summed E-state index contributed by atoms with van der Waals surface area (Å²) in [6.07, 6.45) is -5.66. The van der Waals surface area contributed by atoms with Crippen LogP contribution in [0.15, 0.2) is 67.3 Å². The fourth-order valence-electron chi connectivity index (χ4n) is 4.46. The van der Waals surface area contributed by atoms with Crippen LogP contribution in [0.4, 0.5) is 32.0 Å². The third kappa shape index (κ3) is 3.53. The number of anilines is 1. The predicted molar refractivity (Wildman–Crippen MR) is 119 cm³/mol. The van der Waals surface area contributed by atoms with Crippen LogP contribution in [-0.4, -0.2) is 30.5 Å². The van der Waals surface area contributed by atoms with Crippen molar-refractivity contribution in [2.75, 3.05) is 5.32 Å². The number of hydrogen-bond acceptors (Lipinski definition) is 4. The van der Waals surface area contributed by atoms with Crippen LogP contribution in [0.2, 0.25) is 0 Å². The zero-order valence-corrected chi connectivity index (χ0v) is 18.3. The maximum Gasteiger partial charge on any atom is 0.434 e. The summed E-state index contributed by atoms with van der Waals surface area (Å²) in [5, 5.41) is 11.0. The standard InChI is InChI=1S/C24H12F6N6O/c25-23(26,27)16-9-12(10-31-21(16)35-8-2-7-32-35)15-11-33-36(20(15)24(28,29)30)18-6-5-17-19-13(18)3-1-4-14(19)22(37)34-17/h1-11H,(H,34,37). The largest absolute Gasteiger partial charge is 0.434 e. The molecule has 37 heavy (non-hydrogen) atoms. The van der Waals surface area contributed by atoms with E-state index in [1.807, 2.05) is 0 Å². The molecule has 0 saturated heterocycles. The summed E-state index contributed by atoms with van der Waals surface area (Å²) >= 11 is 0. The monoisotopic (exact) mass is 514 g/mol. The molecular weight excluding hydrogens is 502 g/mol. The maximum atomic E-state index is 14.4. The molecule has 0 radical (unpaired) electrons. The van der Waals surface area contributed by atoms with Crippen LogP contribution in [0.25, 0.3) is 33.4 Å². The molecule has 2 aromatic carbocycles. The number of nitrogens with zero attached hydrogens (tertiary/aromatic N) is 5. The van der Waals surface area contributed by atoms with Crippen molar-refractivity contribution in [3.05, 3.63) is 84.1 Å². The van der Waals surface area contributed by atoms with Crippen LogP contribution in [0.1, 0.15) is 21.6 Å². The molecule has 0 unspecified atom stereocenters. The van der Waals surface area contributed by atoms with Crippen molar-refractivity contribution in [3.8, 4) is 22.6 Å². The molecule has 186 valence electrons. The van der Waals surface area contributed by atoms with Gasteiger partial charge in [0, 0.05) is 51.7 Å². The van der Waals surface area contributed by atoms with E-state index in [2.05, 4.69) is 20.5 Å². The first kappa shape index (κ1) is 22.8. The molecule has 0 fully saturated rings. The zero-order valence-electron chi connectivity index (χ0n) is 18.3. The number of carbonyl (C=O) groups is 1. The molecule has 3 aromatic heterocycles. The second-order valence-electron chi connectivity index (χ2n) is 8.17. The van der Waals surface area contributed by atoms with Crippen molar-refractivity contribution in [2.24, 2.45) is 0 Å². The Balaban J connectivity index is 1.58. The SMILES string of the molecule is O=C1Nc2ccc(-n3ncc(-c4cnc(-n5cccn5)c(C(F)(F)F)c4)c3C(F)(F)F)c3cccc1c23. The van der Waals surface area contributed by atoms with Gasteiger partial charge in [0.15, 0.2) is 11.5 Å². The molecule has 0 saturated carbocycles. The van der Waals surface area contributed by atoms with E-state index >= 15 is 0 Å². The summed E-state index contributed by atoms with van der Waals surface area (Å²) in [6, 6.07) is 9.42. The Morgan fingerprint density at radius 3 is 2.38 bits per heavy atom. The Bertz CT molecular complexity index is 1700. The molecule has 1 N–H and O–H groups in total. The number of carbonyl (C=O) groups excluding carboxylic acids is 1. The molecule has 1 aliphatic heterocycles. The minimum atomic E-state index is -5.00. The minimum Gasteiger partial charge on any atom is -0.321 e. The summed E-state index contributed by atoms with van der Waals surface area (Å²) in [6.45, 7) is 0. The van der Waals surface area contributed by atoms with E-state index in [0.717, 1.165) is 17.1 Å². The third-order valence-corrected chi connectivity index (χ3v) is 5.98. The summed E-state index contributed by atoms with van der Waals surface area (Å²) < 4.78 is 86.3. The van der Waals surface area contributed by atoms with Gasteiger partial charge in [0.2, 0.25) is 0 Å². The van der Waals surface area contributed by atoms with Crippen LogP contribution < -0.4 is 5.32 Å². The third-order valence-electron chi connectivity index (χ3n) is 5.98. The first-order valence-electron chi connectivity index (χ1n) is 10.6. The minimum absolute atomic E-state index is 0.00726. The number of amides is 1. The Hall–Kier alpha value is -4.68. The Morgan fingerprint density at radius 2 is 1.68 bits per heavy atom. The highest BCUT2D eigenvalue weighted by molar-refractivity contribution is 6.25. The molecule has 4 heterocycles. The Kier molecular flexibility index (Phi) is 4.71. The maximum absolute atomic E-state index is 14.4. The van der Waals surface area contributed by atoms with Crippen molar-refractivity contribution in [1.29, 1.82) is 0 Å². The number of aromatic nitrogens is 5. The van der Waals surface area contributed by atoms with Gasteiger partial charge in [0.05, 0.1) is 11.9 Å². The van der Waals surface area contributed by atoms with Gasteiger partial charge in [-0.1, -0.05) is 12.1 Å². The summed E-state index contributed by atoms with van der Waals surface area (Å²) in [7, 11) is 0. The first-order chi connectivity index (χ1) is 17.5. The Morgan fingerprint density at radius 1 is 0.865 bits per heavy atom. The number of rotatable bonds is 3.